The monoisotopic (exact) mass is 432 g/mol. The number of halogens is 1. The van der Waals surface area contributed by atoms with Gasteiger partial charge in [0.1, 0.15) is 0 Å². The number of carbonyl (C=O) groups is 2. The first kappa shape index (κ1) is 22.0. The Morgan fingerprint density at radius 2 is 1.48 bits per heavy atom. The van der Waals surface area contributed by atoms with Crippen LogP contribution in [-0.4, -0.2) is 22.0 Å². The quantitative estimate of drug-likeness (QED) is 0.458. The van der Waals surface area contributed by atoms with Gasteiger partial charge >= 0.3 is 5.97 Å². The molecule has 156 valence electrons. The van der Waals surface area contributed by atoms with E-state index in [1.54, 1.807) is 30.3 Å². The number of amides is 1. The van der Waals surface area contributed by atoms with Gasteiger partial charge in [-0.2, -0.15) is 0 Å². The van der Waals surface area contributed by atoms with Gasteiger partial charge in [-0.15, -0.1) is 12.4 Å². The lowest BCUT2D eigenvalue weighted by Crippen LogP contribution is -2.34. The lowest BCUT2D eigenvalue weighted by molar-refractivity contribution is -0.141. The fourth-order valence-electron chi connectivity index (χ4n) is 3.47. The molecule has 4 rings (SSSR count). The summed E-state index contributed by atoms with van der Waals surface area (Å²) in [7, 11) is 0. The van der Waals surface area contributed by atoms with Gasteiger partial charge < -0.3 is 10.4 Å². The Balaban J connectivity index is 0.00000272. The molecule has 31 heavy (non-hydrogen) atoms. The number of fused-ring (bicyclic) bond motifs is 1. The van der Waals surface area contributed by atoms with Crippen molar-refractivity contribution in [1.29, 1.82) is 0 Å². The first-order valence-electron chi connectivity index (χ1n) is 9.63. The zero-order valence-electron chi connectivity index (χ0n) is 16.6. The van der Waals surface area contributed by atoms with Crippen LogP contribution in [0.2, 0.25) is 0 Å². The Hall–Kier alpha value is -3.70. The number of benzene rings is 3. The highest BCUT2D eigenvalue weighted by Gasteiger charge is 2.22. The largest absolute Gasteiger partial charge is 0.479 e. The third kappa shape index (κ3) is 5.08. The van der Waals surface area contributed by atoms with Crippen LogP contribution in [0.1, 0.15) is 17.2 Å². The molecule has 0 saturated carbocycles. The lowest BCUT2D eigenvalue weighted by Gasteiger charge is -2.16. The van der Waals surface area contributed by atoms with Crippen molar-refractivity contribution in [2.75, 3.05) is 0 Å². The number of hydrogen-bond donors (Lipinski definition) is 2. The third-order valence-electron chi connectivity index (χ3n) is 4.91. The molecule has 0 bridgehead atoms. The minimum atomic E-state index is -1.10. The van der Waals surface area contributed by atoms with Crippen molar-refractivity contribution in [3.8, 4) is 11.3 Å². The summed E-state index contributed by atoms with van der Waals surface area (Å²) in [6.45, 7) is 0. The van der Waals surface area contributed by atoms with Crippen LogP contribution in [0.25, 0.3) is 22.2 Å². The average Bonchev–Trinajstić information content (AvgIpc) is 2.78. The second-order valence-corrected chi connectivity index (χ2v) is 6.98. The van der Waals surface area contributed by atoms with Gasteiger partial charge in [0.05, 0.1) is 17.6 Å². The summed E-state index contributed by atoms with van der Waals surface area (Å²) in [5.41, 5.74) is 3.85. The topological polar surface area (TPSA) is 79.3 Å². The van der Waals surface area contributed by atoms with E-state index in [0.717, 1.165) is 27.7 Å². The summed E-state index contributed by atoms with van der Waals surface area (Å²) in [6, 6.07) is 26.9. The molecule has 1 amide bonds. The zero-order chi connectivity index (χ0) is 20.9. The third-order valence-corrected chi connectivity index (χ3v) is 4.91. The van der Waals surface area contributed by atoms with E-state index < -0.39 is 12.0 Å². The van der Waals surface area contributed by atoms with Crippen LogP contribution in [0.4, 0.5) is 0 Å². The molecule has 0 aliphatic carbocycles. The van der Waals surface area contributed by atoms with Gasteiger partial charge in [0, 0.05) is 10.9 Å². The molecule has 0 spiro atoms. The van der Waals surface area contributed by atoms with E-state index in [-0.39, 0.29) is 24.7 Å². The Labute approximate surface area is 186 Å². The first-order chi connectivity index (χ1) is 14.6. The van der Waals surface area contributed by atoms with Gasteiger partial charge in [-0.05, 0) is 23.3 Å². The number of aromatic nitrogens is 1. The Kier molecular flexibility index (Phi) is 7.00. The summed E-state index contributed by atoms with van der Waals surface area (Å²) in [5.74, 6) is -1.46. The molecule has 0 fully saturated rings. The van der Waals surface area contributed by atoms with Crippen molar-refractivity contribution in [1.82, 2.24) is 10.3 Å². The SMILES string of the molecule is Cl.O=C(Cc1cc(-c2ccccc2)nc2ccccc12)N[C@@H](C(=O)O)c1ccccc1. The molecular weight excluding hydrogens is 412 g/mol. The van der Waals surface area contributed by atoms with E-state index in [1.807, 2.05) is 60.7 Å². The molecular formula is C25H21ClN2O3. The van der Waals surface area contributed by atoms with Gasteiger partial charge in [0.2, 0.25) is 5.91 Å². The maximum Gasteiger partial charge on any atom is 0.330 e. The second-order valence-electron chi connectivity index (χ2n) is 6.98. The number of carboxylic acids is 1. The number of rotatable bonds is 6. The number of pyridine rings is 1. The summed E-state index contributed by atoms with van der Waals surface area (Å²) in [6.07, 6.45) is 0.0550. The summed E-state index contributed by atoms with van der Waals surface area (Å²) >= 11 is 0. The van der Waals surface area contributed by atoms with Crippen LogP contribution in [0.15, 0.2) is 91.0 Å². The number of hydrogen-bond acceptors (Lipinski definition) is 3. The smallest absolute Gasteiger partial charge is 0.330 e. The standard InChI is InChI=1S/C25H20N2O3.ClH/c28-23(27-24(25(29)30)18-11-5-2-6-12-18)16-19-15-22(17-9-3-1-4-10-17)26-21-14-8-7-13-20(19)21;/h1-15,24H,16H2,(H,27,28)(H,29,30);1H/t24-;/m1./s1. The highest BCUT2D eigenvalue weighted by molar-refractivity contribution is 5.91. The molecule has 0 saturated heterocycles. The van der Waals surface area contributed by atoms with E-state index in [4.69, 9.17) is 4.98 Å². The fraction of sp³-hybridized carbons (Fsp3) is 0.0800. The van der Waals surface area contributed by atoms with Gasteiger partial charge in [-0.25, -0.2) is 9.78 Å². The second kappa shape index (κ2) is 9.87. The van der Waals surface area contributed by atoms with Crippen LogP contribution in [0.5, 0.6) is 0 Å². The molecule has 6 heteroatoms. The van der Waals surface area contributed by atoms with Crippen molar-refractivity contribution in [2.24, 2.45) is 0 Å². The molecule has 0 aliphatic heterocycles. The van der Waals surface area contributed by atoms with Crippen molar-refractivity contribution in [2.45, 2.75) is 12.5 Å². The minimum Gasteiger partial charge on any atom is -0.479 e. The molecule has 1 heterocycles. The Morgan fingerprint density at radius 3 is 2.16 bits per heavy atom. The van der Waals surface area contributed by atoms with Crippen LogP contribution in [0.3, 0.4) is 0 Å². The highest BCUT2D eigenvalue weighted by Crippen LogP contribution is 2.25. The Bertz CT molecular complexity index is 1200. The molecule has 1 atom stereocenters. The lowest BCUT2D eigenvalue weighted by atomic mass is 10.0. The molecule has 3 aromatic carbocycles. The van der Waals surface area contributed by atoms with Gasteiger partial charge in [0.25, 0.3) is 0 Å². The van der Waals surface area contributed by atoms with Crippen molar-refractivity contribution in [3.05, 3.63) is 102 Å². The zero-order valence-corrected chi connectivity index (χ0v) is 17.4. The maximum absolute atomic E-state index is 12.8. The van der Waals surface area contributed by atoms with Crippen LogP contribution in [-0.2, 0) is 16.0 Å². The van der Waals surface area contributed by atoms with Crippen molar-refractivity contribution < 1.29 is 14.7 Å². The van der Waals surface area contributed by atoms with E-state index in [1.165, 1.54) is 0 Å². The Morgan fingerprint density at radius 1 is 0.871 bits per heavy atom. The molecule has 4 aromatic rings. The molecule has 1 aromatic heterocycles. The minimum absolute atomic E-state index is 0. The number of nitrogens with one attached hydrogen (secondary N) is 1. The summed E-state index contributed by atoms with van der Waals surface area (Å²) in [5, 5.41) is 13.1. The number of carboxylic acid groups (broad SMARTS) is 1. The van der Waals surface area contributed by atoms with Gasteiger partial charge in [-0.1, -0.05) is 78.9 Å². The van der Waals surface area contributed by atoms with Crippen LogP contribution >= 0.6 is 12.4 Å². The predicted octanol–water partition coefficient (Wildman–Crippen LogP) is 4.81. The summed E-state index contributed by atoms with van der Waals surface area (Å²) in [4.78, 5) is 29.2. The maximum atomic E-state index is 12.8. The molecule has 0 aliphatic rings. The molecule has 5 nitrogen and oxygen atoms in total. The van der Waals surface area contributed by atoms with E-state index >= 15 is 0 Å². The van der Waals surface area contributed by atoms with Crippen molar-refractivity contribution >= 4 is 35.2 Å². The summed E-state index contributed by atoms with van der Waals surface area (Å²) < 4.78 is 0. The molecule has 0 radical (unpaired) electrons. The van der Waals surface area contributed by atoms with E-state index in [0.29, 0.717) is 5.56 Å². The predicted molar refractivity (Wildman–Crippen MR) is 123 cm³/mol. The van der Waals surface area contributed by atoms with Gasteiger partial charge in [0.15, 0.2) is 6.04 Å². The fourth-order valence-corrected chi connectivity index (χ4v) is 3.47. The normalized spacial score (nSPS) is 11.4. The number of aliphatic carboxylic acids is 1. The average molecular weight is 433 g/mol. The van der Waals surface area contributed by atoms with E-state index in [2.05, 4.69) is 5.32 Å². The number of carbonyl (C=O) groups excluding carboxylic acids is 1. The van der Waals surface area contributed by atoms with Gasteiger partial charge in [-0.3, -0.25) is 4.79 Å². The van der Waals surface area contributed by atoms with Crippen molar-refractivity contribution in [3.63, 3.8) is 0 Å². The molecule has 0 unspecified atom stereocenters. The van der Waals surface area contributed by atoms with Crippen LogP contribution in [0, 0.1) is 0 Å². The van der Waals surface area contributed by atoms with Crippen LogP contribution < -0.4 is 5.32 Å². The number of nitrogens with zero attached hydrogens (tertiary/aromatic N) is 1. The molecule has 2 N–H and O–H groups in total. The first-order valence-corrected chi connectivity index (χ1v) is 9.63. The number of para-hydroxylation sites is 1. The highest BCUT2D eigenvalue weighted by atomic mass is 35.5. The van der Waals surface area contributed by atoms with E-state index in [9.17, 15) is 14.7 Å².